The van der Waals surface area contributed by atoms with Crippen LogP contribution >= 0.6 is 22.9 Å². The van der Waals surface area contributed by atoms with Gasteiger partial charge in [-0.05, 0) is 18.2 Å². The number of aromatic nitrogens is 1. The van der Waals surface area contributed by atoms with Gasteiger partial charge in [-0.1, -0.05) is 23.7 Å². The van der Waals surface area contributed by atoms with E-state index >= 15 is 0 Å². The first-order valence-corrected chi connectivity index (χ1v) is 9.18. The highest BCUT2D eigenvalue weighted by Crippen LogP contribution is 2.27. The Morgan fingerprint density at radius 2 is 1.86 bits per heavy atom. The maximum atomic E-state index is 12.4. The minimum Gasteiger partial charge on any atom is -0.322 e. The minimum absolute atomic E-state index is 0.0133. The molecule has 0 unspecified atom stereocenters. The summed E-state index contributed by atoms with van der Waals surface area (Å²) in [5.41, 5.74) is 1.78. The molecule has 0 aliphatic carbocycles. The Labute approximate surface area is 168 Å². The third-order valence-electron chi connectivity index (χ3n) is 3.63. The Morgan fingerprint density at radius 3 is 2.50 bits per heavy atom. The van der Waals surface area contributed by atoms with Crippen LogP contribution in [0.4, 0.5) is 16.5 Å². The van der Waals surface area contributed by atoms with E-state index in [0.29, 0.717) is 16.5 Å². The van der Waals surface area contributed by atoms with Crippen molar-refractivity contribution in [3.63, 3.8) is 0 Å². The second kappa shape index (κ2) is 8.15. The lowest BCUT2D eigenvalue weighted by Gasteiger charge is -2.07. The Morgan fingerprint density at radius 1 is 1.14 bits per heavy atom. The maximum absolute atomic E-state index is 12.4. The summed E-state index contributed by atoms with van der Waals surface area (Å²) in [4.78, 5) is 38.1. The molecule has 1 heterocycles. The number of hydrogen-bond acceptors (Lipinski definition) is 6. The zero-order chi connectivity index (χ0) is 20.3. The third-order valence-corrected chi connectivity index (χ3v) is 4.72. The van der Waals surface area contributed by atoms with Crippen LogP contribution in [0.5, 0.6) is 0 Å². The lowest BCUT2D eigenvalue weighted by Crippen LogP contribution is -2.12. The average molecular weight is 417 g/mol. The standard InChI is InChI=1S/C18H13ClN4O4S/c1-10(24)20-18-22-16(9-28-18)11-2-4-12(5-3-11)21-17(25)14-8-13(23(26)27)6-7-15(14)19/h2-9H,1H3,(H,21,25)(H,20,22,24). The van der Waals surface area contributed by atoms with E-state index < -0.39 is 10.8 Å². The van der Waals surface area contributed by atoms with Gasteiger partial charge >= 0.3 is 0 Å². The quantitative estimate of drug-likeness (QED) is 0.466. The first-order valence-electron chi connectivity index (χ1n) is 7.92. The summed E-state index contributed by atoms with van der Waals surface area (Å²) >= 11 is 7.29. The normalized spacial score (nSPS) is 10.4. The zero-order valence-corrected chi connectivity index (χ0v) is 16.0. The number of rotatable bonds is 5. The molecule has 0 atom stereocenters. The minimum atomic E-state index is -0.592. The van der Waals surface area contributed by atoms with Crippen LogP contribution in [0.1, 0.15) is 17.3 Å². The van der Waals surface area contributed by atoms with Crippen molar-refractivity contribution < 1.29 is 14.5 Å². The molecule has 28 heavy (non-hydrogen) atoms. The predicted octanol–water partition coefficient (Wildman–Crippen LogP) is 4.58. The van der Waals surface area contributed by atoms with Gasteiger partial charge < -0.3 is 10.6 Å². The zero-order valence-electron chi connectivity index (χ0n) is 14.4. The molecule has 0 bridgehead atoms. The van der Waals surface area contributed by atoms with E-state index in [1.807, 2.05) is 5.38 Å². The lowest BCUT2D eigenvalue weighted by atomic mass is 10.1. The molecule has 0 aliphatic heterocycles. The summed E-state index contributed by atoms with van der Waals surface area (Å²) < 4.78 is 0. The number of anilines is 2. The molecule has 0 fully saturated rings. The first kappa shape index (κ1) is 19.5. The predicted molar refractivity (Wildman–Crippen MR) is 108 cm³/mol. The van der Waals surface area contributed by atoms with Crippen LogP contribution in [-0.2, 0) is 4.79 Å². The first-order chi connectivity index (χ1) is 13.3. The molecule has 10 heteroatoms. The molecule has 0 saturated carbocycles. The fraction of sp³-hybridized carbons (Fsp3) is 0.0556. The molecule has 8 nitrogen and oxygen atoms in total. The topological polar surface area (TPSA) is 114 Å². The van der Waals surface area contributed by atoms with Gasteiger partial charge in [0.25, 0.3) is 11.6 Å². The van der Waals surface area contributed by atoms with Crippen molar-refractivity contribution in [3.8, 4) is 11.3 Å². The molecule has 0 radical (unpaired) electrons. The Kier molecular flexibility index (Phi) is 5.67. The van der Waals surface area contributed by atoms with Gasteiger partial charge in [0.15, 0.2) is 5.13 Å². The molecule has 2 N–H and O–H groups in total. The Balaban J connectivity index is 1.75. The van der Waals surface area contributed by atoms with Crippen LogP contribution in [0.2, 0.25) is 5.02 Å². The number of nitrogens with zero attached hydrogens (tertiary/aromatic N) is 2. The number of thiazole rings is 1. The van der Waals surface area contributed by atoms with Gasteiger partial charge in [-0.15, -0.1) is 11.3 Å². The van der Waals surface area contributed by atoms with E-state index in [0.717, 1.165) is 11.6 Å². The molecule has 3 rings (SSSR count). The van der Waals surface area contributed by atoms with E-state index in [1.165, 1.54) is 30.4 Å². The van der Waals surface area contributed by atoms with E-state index in [-0.39, 0.29) is 22.2 Å². The van der Waals surface area contributed by atoms with E-state index in [2.05, 4.69) is 15.6 Å². The number of non-ortho nitro benzene ring substituents is 1. The van der Waals surface area contributed by atoms with Gasteiger partial charge in [0.1, 0.15) is 0 Å². The number of nitro benzene ring substituents is 1. The lowest BCUT2D eigenvalue weighted by molar-refractivity contribution is -0.384. The van der Waals surface area contributed by atoms with Gasteiger partial charge in [-0.25, -0.2) is 4.98 Å². The SMILES string of the molecule is CC(=O)Nc1nc(-c2ccc(NC(=O)c3cc([N+](=O)[O-])ccc3Cl)cc2)cs1. The molecule has 142 valence electrons. The molecular formula is C18H13ClN4O4S. The summed E-state index contributed by atoms with van der Waals surface area (Å²) in [6, 6.07) is 10.6. The van der Waals surface area contributed by atoms with Crippen molar-refractivity contribution in [2.24, 2.45) is 0 Å². The van der Waals surface area contributed by atoms with Crippen LogP contribution in [-0.4, -0.2) is 21.7 Å². The van der Waals surface area contributed by atoms with E-state index in [1.54, 1.807) is 24.3 Å². The molecule has 0 saturated heterocycles. The summed E-state index contributed by atoms with van der Waals surface area (Å²) in [6.45, 7) is 1.41. The van der Waals surface area contributed by atoms with Crippen molar-refractivity contribution in [1.82, 2.24) is 4.98 Å². The molecule has 1 aromatic heterocycles. The highest BCUT2D eigenvalue weighted by Gasteiger charge is 2.16. The monoisotopic (exact) mass is 416 g/mol. The van der Waals surface area contributed by atoms with Crippen molar-refractivity contribution in [2.75, 3.05) is 10.6 Å². The smallest absolute Gasteiger partial charge is 0.270 e. The molecule has 2 amide bonds. The molecule has 0 spiro atoms. The van der Waals surface area contributed by atoms with Gasteiger partial charge in [0.05, 0.1) is 21.2 Å². The highest BCUT2D eigenvalue weighted by molar-refractivity contribution is 7.14. The number of halogens is 1. The third kappa shape index (κ3) is 4.51. The highest BCUT2D eigenvalue weighted by atomic mass is 35.5. The second-order valence-corrected chi connectivity index (χ2v) is 6.94. The summed E-state index contributed by atoms with van der Waals surface area (Å²) in [7, 11) is 0. The van der Waals surface area contributed by atoms with Crippen molar-refractivity contribution in [3.05, 3.63) is 68.5 Å². The summed E-state index contributed by atoms with van der Waals surface area (Å²) in [6.07, 6.45) is 0. The van der Waals surface area contributed by atoms with Crippen LogP contribution < -0.4 is 10.6 Å². The maximum Gasteiger partial charge on any atom is 0.270 e. The number of benzene rings is 2. The van der Waals surface area contributed by atoms with Crippen LogP contribution in [0, 0.1) is 10.1 Å². The molecule has 2 aromatic carbocycles. The largest absolute Gasteiger partial charge is 0.322 e. The van der Waals surface area contributed by atoms with E-state index in [9.17, 15) is 19.7 Å². The summed E-state index contributed by atoms with van der Waals surface area (Å²) in [5.74, 6) is -0.748. The van der Waals surface area contributed by atoms with Gasteiger partial charge in [0, 0.05) is 35.7 Å². The second-order valence-electron chi connectivity index (χ2n) is 5.67. The number of hydrogen-bond donors (Lipinski definition) is 2. The van der Waals surface area contributed by atoms with Crippen molar-refractivity contribution >= 4 is 51.3 Å². The van der Waals surface area contributed by atoms with Crippen LogP contribution in [0.15, 0.2) is 47.8 Å². The number of carbonyl (C=O) groups excluding carboxylic acids is 2. The molecule has 3 aromatic rings. The van der Waals surface area contributed by atoms with Crippen molar-refractivity contribution in [2.45, 2.75) is 6.92 Å². The Hall–Kier alpha value is -3.30. The Bertz CT molecular complexity index is 1070. The van der Waals surface area contributed by atoms with Crippen LogP contribution in [0.3, 0.4) is 0 Å². The number of nitro groups is 1. The van der Waals surface area contributed by atoms with Gasteiger partial charge in [0.2, 0.25) is 5.91 Å². The van der Waals surface area contributed by atoms with Crippen molar-refractivity contribution in [1.29, 1.82) is 0 Å². The average Bonchev–Trinajstić information content (AvgIpc) is 3.10. The summed E-state index contributed by atoms with van der Waals surface area (Å²) in [5, 5.41) is 18.6. The number of amides is 2. The number of carbonyl (C=O) groups is 2. The van der Waals surface area contributed by atoms with Gasteiger partial charge in [-0.3, -0.25) is 19.7 Å². The molecular weight excluding hydrogens is 404 g/mol. The van der Waals surface area contributed by atoms with E-state index in [4.69, 9.17) is 11.6 Å². The molecule has 0 aliphatic rings. The fourth-order valence-electron chi connectivity index (χ4n) is 2.34. The van der Waals surface area contributed by atoms with Crippen LogP contribution in [0.25, 0.3) is 11.3 Å². The van der Waals surface area contributed by atoms with Gasteiger partial charge in [-0.2, -0.15) is 0 Å². The number of nitrogens with one attached hydrogen (secondary N) is 2. The fourth-order valence-corrected chi connectivity index (χ4v) is 3.31.